The van der Waals surface area contributed by atoms with Gasteiger partial charge in [-0.2, -0.15) is 0 Å². The van der Waals surface area contributed by atoms with Gasteiger partial charge in [-0.15, -0.1) is 0 Å². The van der Waals surface area contributed by atoms with Crippen LogP contribution in [0.25, 0.3) is 33.1 Å². The van der Waals surface area contributed by atoms with Crippen LogP contribution in [-0.2, 0) is 6.54 Å². The van der Waals surface area contributed by atoms with E-state index in [4.69, 9.17) is 4.42 Å². The van der Waals surface area contributed by atoms with Gasteiger partial charge in [-0.25, -0.2) is 4.79 Å². The minimum atomic E-state index is -0.421. The zero-order valence-corrected chi connectivity index (χ0v) is 13.7. The number of nitrogens with one attached hydrogen (secondary N) is 1. The highest BCUT2D eigenvalue weighted by Crippen LogP contribution is 2.27. The minimum Gasteiger partial charge on any atom is -0.408 e. The van der Waals surface area contributed by atoms with E-state index in [9.17, 15) is 4.79 Å². The van der Waals surface area contributed by atoms with E-state index in [-0.39, 0.29) is 0 Å². The predicted molar refractivity (Wildman–Crippen MR) is 96.3 cm³/mol. The van der Waals surface area contributed by atoms with E-state index in [1.807, 2.05) is 18.2 Å². The molecule has 122 valence electrons. The third kappa shape index (κ3) is 2.63. The molecule has 1 N–H and O–H groups in total. The van der Waals surface area contributed by atoms with Crippen LogP contribution in [0.3, 0.4) is 0 Å². The number of aromatic nitrogens is 2. The molecular weight excluding hydrogens is 302 g/mol. The van der Waals surface area contributed by atoms with Crippen LogP contribution in [0.2, 0.25) is 0 Å². The molecule has 0 saturated carbocycles. The first kappa shape index (κ1) is 14.8. The van der Waals surface area contributed by atoms with Crippen molar-refractivity contribution in [2.75, 3.05) is 20.6 Å². The average Bonchev–Trinajstić information content (AvgIpc) is 3.13. The van der Waals surface area contributed by atoms with Crippen LogP contribution in [0, 0.1) is 0 Å². The Hall–Kier alpha value is -2.79. The molecule has 0 unspecified atom stereocenters. The van der Waals surface area contributed by atoms with Crippen molar-refractivity contribution >= 4 is 22.0 Å². The second-order valence-electron chi connectivity index (χ2n) is 6.31. The molecule has 0 spiro atoms. The van der Waals surface area contributed by atoms with Crippen LogP contribution in [0.4, 0.5) is 0 Å². The Morgan fingerprint density at radius 1 is 1.08 bits per heavy atom. The fourth-order valence-electron chi connectivity index (χ4n) is 2.99. The molecule has 5 heteroatoms. The van der Waals surface area contributed by atoms with E-state index in [1.165, 1.54) is 10.9 Å². The zero-order chi connectivity index (χ0) is 16.7. The number of oxazole rings is 1. The van der Waals surface area contributed by atoms with Crippen molar-refractivity contribution in [2.24, 2.45) is 0 Å². The lowest BCUT2D eigenvalue weighted by atomic mass is 10.0. The van der Waals surface area contributed by atoms with Gasteiger partial charge in [-0.05, 0) is 54.9 Å². The molecule has 0 aliphatic carbocycles. The van der Waals surface area contributed by atoms with Gasteiger partial charge < -0.3 is 13.9 Å². The summed E-state index contributed by atoms with van der Waals surface area (Å²) in [6.07, 6.45) is 2.13. The fraction of sp³-hybridized carbons (Fsp3) is 0.211. The number of rotatable bonds is 4. The van der Waals surface area contributed by atoms with E-state index < -0.39 is 5.76 Å². The number of benzene rings is 2. The van der Waals surface area contributed by atoms with E-state index >= 15 is 0 Å². The van der Waals surface area contributed by atoms with Crippen LogP contribution in [0.1, 0.15) is 0 Å². The van der Waals surface area contributed by atoms with Gasteiger partial charge in [0, 0.05) is 24.8 Å². The number of likely N-dealkylation sites (N-methyl/N-ethyl adjacent to an activating group) is 1. The molecule has 24 heavy (non-hydrogen) atoms. The quantitative estimate of drug-likeness (QED) is 0.627. The zero-order valence-electron chi connectivity index (χ0n) is 13.7. The molecule has 0 saturated heterocycles. The number of H-pyrrole nitrogens is 1. The molecule has 0 fully saturated rings. The topological polar surface area (TPSA) is 54.2 Å². The monoisotopic (exact) mass is 321 g/mol. The maximum absolute atomic E-state index is 11.3. The fourth-order valence-corrected chi connectivity index (χ4v) is 2.99. The van der Waals surface area contributed by atoms with Crippen molar-refractivity contribution in [3.05, 3.63) is 59.2 Å². The smallest absolute Gasteiger partial charge is 0.408 e. The summed E-state index contributed by atoms with van der Waals surface area (Å²) in [4.78, 5) is 16.2. The Bertz CT molecular complexity index is 1070. The lowest BCUT2D eigenvalue weighted by Gasteiger charge is -2.11. The SMILES string of the molecule is CN(C)CCn1ccc2ccc(-c3ccc4[nH]c(=O)oc4c3)cc21. The van der Waals surface area contributed by atoms with Crippen molar-refractivity contribution in [1.29, 1.82) is 0 Å². The van der Waals surface area contributed by atoms with Crippen LogP contribution in [-0.4, -0.2) is 35.1 Å². The van der Waals surface area contributed by atoms with Gasteiger partial charge in [0.25, 0.3) is 0 Å². The lowest BCUT2D eigenvalue weighted by Crippen LogP contribution is -2.17. The van der Waals surface area contributed by atoms with E-state index in [1.54, 1.807) is 0 Å². The largest absolute Gasteiger partial charge is 0.417 e. The van der Waals surface area contributed by atoms with Crippen molar-refractivity contribution in [3.63, 3.8) is 0 Å². The number of hydrogen-bond donors (Lipinski definition) is 1. The standard InChI is InChI=1S/C19H19N3O2/c1-21(2)9-10-22-8-7-13-3-4-14(11-17(13)22)15-5-6-16-18(12-15)24-19(23)20-16/h3-8,11-12H,9-10H2,1-2H3,(H,20,23). The van der Waals surface area contributed by atoms with Gasteiger partial charge >= 0.3 is 5.76 Å². The number of aromatic amines is 1. The third-order valence-corrected chi connectivity index (χ3v) is 4.32. The summed E-state index contributed by atoms with van der Waals surface area (Å²) in [5, 5.41) is 1.23. The van der Waals surface area contributed by atoms with Gasteiger partial charge in [0.2, 0.25) is 0 Å². The Morgan fingerprint density at radius 2 is 1.88 bits per heavy atom. The molecule has 0 radical (unpaired) electrons. The van der Waals surface area contributed by atoms with E-state index in [0.717, 1.165) is 29.7 Å². The van der Waals surface area contributed by atoms with Crippen molar-refractivity contribution < 1.29 is 4.42 Å². The Kier molecular flexibility index (Phi) is 3.50. The summed E-state index contributed by atoms with van der Waals surface area (Å²) < 4.78 is 7.44. The summed E-state index contributed by atoms with van der Waals surface area (Å²) in [7, 11) is 4.16. The van der Waals surface area contributed by atoms with Crippen molar-refractivity contribution in [3.8, 4) is 11.1 Å². The summed E-state index contributed by atoms with van der Waals surface area (Å²) in [5.41, 5.74) is 4.66. The highest BCUT2D eigenvalue weighted by Gasteiger charge is 2.07. The maximum Gasteiger partial charge on any atom is 0.417 e. The molecule has 0 amide bonds. The molecule has 4 rings (SSSR count). The Balaban J connectivity index is 1.77. The predicted octanol–water partition coefficient (Wildman–Crippen LogP) is 3.30. The molecular formula is C19H19N3O2. The summed E-state index contributed by atoms with van der Waals surface area (Å²) in [6, 6.07) is 14.4. The van der Waals surface area contributed by atoms with Gasteiger partial charge in [0.1, 0.15) is 0 Å². The molecule has 2 aromatic heterocycles. The first-order valence-electron chi connectivity index (χ1n) is 7.97. The Labute approximate surface area is 139 Å². The molecule has 0 bridgehead atoms. The van der Waals surface area contributed by atoms with Crippen LogP contribution in [0.5, 0.6) is 0 Å². The molecule has 4 aromatic rings. The second kappa shape index (κ2) is 5.69. The van der Waals surface area contributed by atoms with Gasteiger partial charge in [0.15, 0.2) is 5.58 Å². The van der Waals surface area contributed by atoms with E-state index in [0.29, 0.717) is 5.58 Å². The number of hydrogen-bond acceptors (Lipinski definition) is 3. The van der Waals surface area contributed by atoms with Crippen molar-refractivity contribution in [1.82, 2.24) is 14.5 Å². The normalized spacial score (nSPS) is 11.8. The second-order valence-corrected chi connectivity index (χ2v) is 6.31. The van der Waals surface area contributed by atoms with Gasteiger partial charge in [-0.1, -0.05) is 18.2 Å². The van der Waals surface area contributed by atoms with Crippen LogP contribution < -0.4 is 5.76 Å². The van der Waals surface area contributed by atoms with Gasteiger partial charge in [0.05, 0.1) is 5.52 Å². The van der Waals surface area contributed by atoms with Crippen LogP contribution >= 0.6 is 0 Å². The van der Waals surface area contributed by atoms with E-state index in [2.05, 4.69) is 59.0 Å². The minimum absolute atomic E-state index is 0.421. The highest BCUT2D eigenvalue weighted by molar-refractivity contribution is 5.87. The first-order chi connectivity index (χ1) is 11.6. The molecule has 0 aliphatic heterocycles. The maximum atomic E-state index is 11.3. The third-order valence-electron chi connectivity index (χ3n) is 4.32. The number of fused-ring (bicyclic) bond motifs is 2. The summed E-state index contributed by atoms with van der Waals surface area (Å²) in [6.45, 7) is 1.94. The number of nitrogens with zero attached hydrogens (tertiary/aromatic N) is 2. The van der Waals surface area contributed by atoms with Crippen molar-refractivity contribution in [2.45, 2.75) is 6.54 Å². The molecule has 5 nitrogen and oxygen atoms in total. The molecule has 0 atom stereocenters. The average molecular weight is 321 g/mol. The molecule has 2 aromatic carbocycles. The molecule has 2 heterocycles. The summed E-state index contributed by atoms with van der Waals surface area (Å²) in [5.74, 6) is -0.421. The Morgan fingerprint density at radius 3 is 2.71 bits per heavy atom. The highest BCUT2D eigenvalue weighted by atomic mass is 16.4. The lowest BCUT2D eigenvalue weighted by molar-refractivity contribution is 0.387. The van der Waals surface area contributed by atoms with Crippen LogP contribution in [0.15, 0.2) is 57.9 Å². The first-order valence-corrected chi connectivity index (χ1v) is 7.97. The summed E-state index contributed by atoms with van der Waals surface area (Å²) >= 11 is 0. The molecule has 0 aliphatic rings. The van der Waals surface area contributed by atoms with Gasteiger partial charge in [-0.3, -0.25) is 4.98 Å².